The summed E-state index contributed by atoms with van der Waals surface area (Å²) in [6.45, 7) is 7.07. The van der Waals surface area contributed by atoms with Gasteiger partial charge in [-0.25, -0.2) is 0 Å². The second-order valence-corrected chi connectivity index (χ2v) is 5.18. The van der Waals surface area contributed by atoms with Crippen LogP contribution in [0.3, 0.4) is 0 Å². The van der Waals surface area contributed by atoms with Crippen LogP contribution in [0.4, 0.5) is 0 Å². The van der Waals surface area contributed by atoms with Crippen LogP contribution in [0.15, 0.2) is 24.3 Å². The van der Waals surface area contributed by atoms with Crippen molar-refractivity contribution in [2.75, 3.05) is 19.8 Å². The predicted octanol–water partition coefficient (Wildman–Crippen LogP) is 3.31. The lowest BCUT2D eigenvalue weighted by atomic mass is 10.1. The first-order chi connectivity index (χ1) is 9.29. The average Bonchev–Trinajstić information content (AvgIpc) is 2.46. The Bertz CT molecular complexity index is 375. The lowest BCUT2D eigenvalue weighted by Gasteiger charge is -2.24. The van der Waals surface area contributed by atoms with Crippen LogP contribution < -0.4 is 10.1 Å². The largest absolute Gasteiger partial charge is 0.490 e. The molecule has 1 aromatic rings. The van der Waals surface area contributed by atoms with Gasteiger partial charge in [-0.3, -0.25) is 0 Å². The second kappa shape index (κ2) is 7.51. The summed E-state index contributed by atoms with van der Waals surface area (Å²) in [6, 6.07) is 8.81. The first kappa shape index (κ1) is 14.4. The Morgan fingerprint density at radius 1 is 1.37 bits per heavy atom. The summed E-state index contributed by atoms with van der Waals surface area (Å²) in [7, 11) is 0. The molecule has 3 heteroatoms. The van der Waals surface area contributed by atoms with E-state index in [0.29, 0.717) is 12.1 Å². The Hall–Kier alpha value is -1.06. The van der Waals surface area contributed by atoms with Crippen LogP contribution in [0.25, 0.3) is 0 Å². The number of nitrogens with one attached hydrogen (secondary N) is 1. The molecule has 1 fully saturated rings. The summed E-state index contributed by atoms with van der Waals surface area (Å²) in [4.78, 5) is 0. The van der Waals surface area contributed by atoms with Crippen molar-refractivity contribution in [1.29, 1.82) is 0 Å². The standard InChI is InChI=1S/C16H25NO2/c1-3-9-17-13(2)14-5-4-6-16(12-14)19-15-7-10-18-11-8-15/h4-6,12-13,15,17H,3,7-11H2,1-2H3. The molecule has 0 bridgehead atoms. The number of ether oxygens (including phenoxy) is 2. The molecule has 0 aliphatic carbocycles. The van der Waals surface area contributed by atoms with Gasteiger partial charge in [-0.15, -0.1) is 0 Å². The zero-order valence-corrected chi connectivity index (χ0v) is 12.0. The van der Waals surface area contributed by atoms with Gasteiger partial charge in [0.2, 0.25) is 0 Å². The Labute approximate surface area is 116 Å². The molecule has 2 rings (SSSR count). The Balaban J connectivity index is 1.93. The van der Waals surface area contributed by atoms with Crippen molar-refractivity contribution >= 4 is 0 Å². The van der Waals surface area contributed by atoms with E-state index in [1.807, 2.05) is 6.07 Å². The number of hydrogen-bond donors (Lipinski definition) is 1. The van der Waals surface area contributed by atoms with Gasteiger partial charge >= 0.3 is 0 Å². The van der Waals surface area contributed by atoms with E-state index in [1.54, 1.807) is 0 Å². The summed E-state index contributed by atoms with van der Waals surface area (Å²) in [6.07, 6.45) is 3.45. The minimum Gasteiger partial charge on any atom is -0.490 e. The first-order valence-corrected chi connectivity index (χ1v) is 7.37. The average molecular weight is 263 g/mol. The molecule has 0 saturated carbocycles. The third kappa shape index (κ3) is 4.51. The Kier molecular flexibility index (Phi) is 5.67. The molecular weight excluding hydrogens is 238 g/mol. The first-order valence-electron chi connectivity index (χ1n) is 7.37. The van der Waals surface area contributed by atoms with Crippen molar-refractivity contribution in [3.8, 4) is 5.75 Å². The highest BCUT2D eigenvalue weighted by atomic mass is 16.5. The highest BCUT2D eigenvalue weighted by Gasteiger charge is 2.15. The SMILES string of the molecule is CCCNC(C)c1cccc(OC2CCOCC2)c1. The molecule has 19 heavy (non-hydrogen) atoms. The summed E-state index contributed by atoms with van der Waals surface area (Å²) >= 11 is 0. The molecule has 106 valence electrons. The van der Waals surface area contributed by atoms with Crippen molar-refractivity contribution in [1.82, 2.24) is 5.32 Å². The molecule has 1 saturated heterocycles. The van der Waals surface area contributed by atoms with Gasteiger partial charge in [0, 0.05) is 18.9 Å². The Morgan fingerprint density at radius 3 is 2.89 bits per heavy atom. The zero-order valence-electron chi connectivity index (χ0n) is 12.0. The molecule has 1 aliphatic heterocycles. The van der Waals surface area contributed by atoms with Crippen molar-refractivity contribution < 1.29 is 9.47 Å². The highest BCUT2D eigenvalue weighted by molar-refractivity contribution is 5.30. The van der Waals surface area contributed by atoms with E-state index in [2.05, 4.69) is 37.4 Å². The summed E-state index contributed by atoms with van der Waals surface area (Å²) in [5.41, 5.74) is 1.29. The normalized spacial score (nSPS) is 18.2. The number of hydrogen-bond acceptors (Lipinski definition) is 3. The van der Waals surface area contributed by atoms with E-state index in [0.717, 1.165) is 44.8 Å². The van der Waals surface area contributed by atoms with Gasteiger partial charge in [0.1, 0.15) is 11.9 Å². The van der Waals surface area contributed by atoms with Gasteiger partial charge in [0.25, 0.3) is 0 Å². The quantitative estimate of drug-likeness (QED) is 0.854. The van der Waals surface area contributed by atoms with E-state index in [4.69, 9.17) is 9.47 Å². The van der Waals surface area contributed by atoms with Crippen LogP contribution in [0.5, 0.6) is 5.75 Å². The molecule has 1 unspecified atom stereocenters. The fourth-order valence-corrected chi connectivity index (χ4v) is 2.32. The van der Waals surface area contributed by atoms with E-state index in [9.17, 15) is 0 Å². The van der Waals surface area contributed by atoms with Crippen LogP contribution in [0, 0.1) is 0 Å². The molecule has 1 aromatic carbocycles. The van der Waals surface area contributed by atoms with Crippen molar-refractivity contribution in [2.45, 2.75) is 45.3 Å². The molecule has 0 radical (unpaired) electrons. The lowest BCUT2D eigenvalue weighted by molar-refractivity contribution is 0.0255. The van der Waals surface area contributed by atoms with Crippen molar-refractivity contribution in [3.05, 3.63) is 29.8 Å². The van der Waals surface area contributed by atoms with E-state index >= 15 is 0 Å². The molecular formula is C16H25NO2. The molecule has 0 amide bonds. The number of benzene rings is 1. The fraction of sp³-hybridized carbons (Fsp3) is 0.625. The van der Waals surface area contributed by atoms with Crippen LogP contribution in [0.2, 0.25) is 0 Å². The molecule has 0 aromatic heterocycles. The summed E-state index contributed by atoms with van der Waals surface area (Å²) in [5.74, 6) is 0.981. The van der Waals surface area contributed by atoms with Crippen molar-refractivity contribution in [3.63, 3.8) is 0 Å². The molecule has 0 spiro atoms. The van der Waals surface area contributed by atoms with Gasteiger partial charge in [0.05, 0.1) is 13.2 Å². The topological polar surface area (TPSA) is 30.5 Å². The van der Waals surface area contributed by atoms with E-state index in [1.165, 1.54) is 5.56 Å². The molecule has 1 heterocycles. The van der Waals surface area contributed by atoms with Crippen molar-refractivity contribution in [2.24, 2.45) is 0 Å². The summed E-state index contributed by atoms with van der Waals surface area (Å²) in [5, 5.41) is 3.50. The third-order valence-electron chi connectivity index (χ3n) is 3.53. The number of rotatable bonds is 6. The van der Waals surface area contributed by atoms with Gasteiger partial charge in [-0.2, -0.15) is 0 Å². The zero-order chi connectivity index (χ0) is 13.5. The van der Waals surface area contributed by atoms with E-state index in [-0.39, 0.29) is 0 Å². The maximum atomic E-state index is 6.04. The fourth-order valence-electron chi connectivity index (χ4n) is 2.32. The van der Waals surface area contributed by atoms with Gasteiger partial charge < -0.3 is 14.8 Å². The minimum atomic E-state index is 0.308. The molecule has 3 nitrogen and oxygen atoms in total. The molecule has 1 aliphatic rings. The van der Waals surface area contributed by atoms with Crippen LogP contribution in [-0.2, 0) is 4.74 Å². The maximum Gasteiger partial charge on any atom is 0.120 e. The van der Waals surface area contributed by atoms with Crippen LogP contribution in [0.1, 0.15) is 44.7 Å². The predicted molar refractivity (Wildman–Crippen MR) is 77.6 cm³/mol. The summed E-state index contributed by atoms with van der Waals surface area (Å²) < 4.78 is 11.4. The molecule has 1 N–H and O–H groups in total. The Morgan fingerprint density at radius 2 is 2.16 bits per heavy atom. The van der Waals surface area contributed by atoms with E-state index < -0.39 is 0 Å². The monoisotopic (exact) mass is 263 g/mol. The van der Waals surface area contributed by atoms with Gasteiger partial charge in [-0.05, 0) is 37.6 Å². The minimum absolute atomic E-state index is 0.308. The highest BCUT2D eigenvalue weighted by Crippen LogP contribution is 2.22. The van der Waals surface area contributed by atoms with Gasteiger partial charge in [-0.1, -0.05) is 19.1 Å². The third-order valence-corrected chi connectivity index (χ3v) is 3.53. The van der Waals surface area contributed by atoms with Crippen LogP contribution in [-0.4, -0.2) is 25.9 Å². The second-order valence-electron chi connectivity index (χ2n) is 5.18. The smallest absolute Gasteiger partial charge is 0.120 e. The molecule has 1 atom stereocenters. The van der Waals surface area contributed by atoms with Gasteiger partial charge in [0.15, 0.2) is 0 Å². The van der Waals surface area contributed by atoms with Crippen LogP contribution >= 0.6 is 0 Å². The maximum absolute atomic E-state index is 6.04. The lowest BCUT2D eigenvalue weighted by Crippen LogP contribution is -2.26.